The molecule has 1 aliphatic heterocycles. The summed E-state index contributed by atoms with van der Waals surface area (Å²) in [5, 5.41) is 2.71. The molecular formula is C18H28ClN3O3. The third-order valence-electron chi connectivity index (χ3n) is 4.39. The van der Waals surface area contributed by atoms with Gasteiger partial charge in [-0.2, -0.15) is 0 Å². The normalized spacial score (nSPS) is 21.0. The number of piperidine rings is 1. The quantitative estimate of drug-likeness (QED) is 0.797. The van der Waals surface area contributed by atoms with E-state index in [0.29, 0.717) is 24.8 Å². The first kappa shape index (κ1) is 21.3. The number of hydrogen-bond donors (Lipinski definition) is 2. The summed E-state index contributed by atoms with van der Waals surface area (Å²) < 4.78 is 5.39. The average molecular weight is 370 g/mol. The van der Waals surface area contributed by atoms with Gasteiger partial charge in [0.05, 0.1) is 0 Å². The van der Waals surface area contributed by atoms with Gasteiger partial charge >= 0.3 is 0 Å². The fraction of sp³-hybridized carbons (Fsp3) is 0.556. The van der Waals surface area contributed by atoms with E-state index >= 15 is 0 Å². The van der Waals surface area contributed by atoms with Crippen LogP contribution >= 0.6 is 12.4 Å². The zero-order valence-corrected chi connectivity index (χ0v) is 15.6. The second kappa shape index (κ2) is 10.3. The Bertz CT molecular complexity index is 556. The first-order valence-corrected chi connectivity index (χ1v) is 8.49. The Hall–Kier alpha value is -1.79. The van der Waals surface area contributed by atoms with Gasteiger partial charge in [0, 0.05) is 19.1 Å². The maximum Gasteiger partial charge on any atom is 0.258 e. The number of carbonyl (C=O) groups is 2. The summed E-state index contributed by atoms with van der Waals surface area (Å²) in [6.07, 6.45) is 1.89. The number of likely N-dealkylation sites (tertiary alicyclic amines) is 1. The molecule has 0 saturated carbocycles. The zero-order valence-electron chi connectivity index (χ0n) is 14.8. The summed E-state index contributed by atoms with van der Waals surface area (Å²) in [5.74, 6) is 0.811. The summed E-state index contributed by atoms with van der Waals surface area (Å²) in [6, 6.07) is 8.58. The van der Waals surface area contributed by atoms with E-state index in [1.165, 1.54) is 0 Å². The van der Waals surface area contributed by atoms with Crippen molar-refractivity contribution in [2.24, 2.45) is 11.7 Å². The number of ether oxygens (including phenoxy) is 1. The van der Waals surface area contributed by atoms with Crippen LogP contribution in [0.5, 0.6) is 5.75 Å². The first-order valence-electron chi connectivity index (χ1n) is 8.49. The Morgan fingerprint density at radius 2 is 2.04 bits per heavy atom. The molecule has 1 heterocycles. The minimum atomic E-state index is -0.584. The van der Waals surface area contributed by atoms with Crippen molar-refractivity contribution < 1.29 is 14.3 Å². The summed E-state index contributed by atoms with van der Waals surface area (Å²) in [7, 11) is 0. The number of rotatable bonds is 6. The van der Waals surface area contributed by atoms with E-state index in [4.69, 9.17) is 10.5 Å². The molecule has 2 rings (SSSR count). The van der Waals surface area contributed by atoms with E-state index in [2.05, 4.69) is 12.2 Å². The lowest BCUT2D eigenvalue weighted by Crippen LogP contribution is -2.55. The van der Waals surface area contributed by atoms with E-state index in [9.17, 15) is 9.59 Å². The lowest BCUT2D eigenvalue weighted by molar-refractivity contribution is -0.139. The van der Waals surface area contributed by atoms with Crippen molar-refractivity contribution in [3.63, 3.8) is 0 Å². The highest BCUT2D eigenvalue weighted by Crippen LogP contribution is 2.22. The van der Waals surface area contributed by atoms with Gasteiger partial charge in [-0.1, -0.05) is 25.1 Å². The largest absolute Gasteiger partial charge is 0.484 e. The van der Waals surface area contributed by atoms with Crippen LogP contribution in [0.4, 0.5) is 0 Å². The lowest BCUT2D eigenvalue weighted by atomic mass is 9.92. The van der Waals surface area contributed by atoms with Gasteiger partial charge in [0.2, 0.25) is 5.91 Å². The van der Waals surface area contributed by atoms with Gasteiger partial charge in [0.25, 0.3) is 5.91 Å². The summed E-state index contributed by atoms with van der Waals surface area (Å²) in [6.45, 7) is 4.92. The molecule has 2 amide bonds. The standard InChI is InChI=1S/C18H27N3O3.ClH/c1-13-8-9-21(15(10-13)11-19)18(23)14(2)20-17(22)12-24-16-6-4-3-5-7-16;/h3-7,13-15H,8-12,19H2,1-2H3,(H,20,22);1H. The Kier molecular flexibility index (Phi) is 8.72. The molecule has 0 aromatic heterocycles. The van der Waals surface area contributed by atoms with E-state index in [-0.39, 0.29) is 36.9 Å². The van der Waals surface area contributed by atoms with Crippen LogP contribution in [-0.2, 0) is 9.59 Å². The molecule has 0 radical (unpaired) electrons. The monoisotopic (exact) mass is 369 g/mol. The molecule has 1 aromatic rings. The highest BCUT2D eigenvalue weighted by atomic mass is 35.5. The number of nitrogens with zero attached hydrogens (tertiary/aromatic N) is 1. The average Bonchev–Trinajstić information content (AvgIpc) is 2.60. The molecule has 0 spiro atoms. The molecule has 6 nitrogen and oxygen atoms in total. The Morgan fingerprint density at radius 3 is 2.68 bits per heavy atom. The number of hydrogen-bond acceptors (Lipinski definition) is 4. The van der Waals surface area contributed by atoms with Crippen molar-refractivity contribution in [3.05, 3.63) is 30.3 Å². The fourth-order valence-electron chi connectivity index (χ4n) is 3.02. The number of nitrogens with one attached hydrogen (secondary N) is 1. The molecule has 3 N–H and O–H groups in total. The zero-order chi connectivity index (χ0) is 17.5. The van der Waals surface area contributed by atoms with Gasteiger partial charge in [-0.15, -0.1) is 12.4 Å². The minimum absolute atomic E-state index is 0. The van der Waals surface area contributed by atoms with Crippen LogP contribution in [0.25, 0.3) is 0 Å². The highest BCUT2D eigenvalue weighted by molar-refractivity contribution is 5.88. The molecular weight excluding hydrogens is 342 g/mol. The topological polar surface area (TPSA) is 84.7 Å². The molecule has 3 atom stereocenters. The fourth-order valence-corrected chi connectivity index (χ4v) is 3.02. The number of benzene rings is 1. The Balaban J connectivity index is 0.00000312. The van der Waals surface area contributed by atoms with Crippen LogP contribution in [0.1, 0.15) is 26.7 Å². The van der Waals surface area contributed by atoms with Crippen LogP contribution in [0.15, 0.2) is 30.3 Å². The van der Waals surface area contributed by atoms with Gasteiger partial charge in [-0.05, 0) is 37.8 Å². The summed E-state index contributed by atoms with van der Waals surface area (Å²) >= 11 is 0. The molecule has 0 bridgehead atoms. The van der Waals surface area contributed by atoms with Gasteiger partial charge in [0.1, 0.15) is 11.8 Å². The van der Waals surface area contributed by atoms with Crippen LogP contribution in [0, 0.1) is 5.92 Å². The predicted molar refractivity (Wildman–Crippen MR) is 99.7 cm³/mol. The van der Waals surface area contributed by atoms with Crippen LogP contribution in [0.2, 0.25) is 0 Å². The van der Waals surface area contributed by atoms with Crippen molar-refractivity contribution in [1.82, 2.24) is 10.2 Å². The molecule has 0 aliphatic carbocycles. The predicted octanol–water partition coefficient (Wildman–Crippen LogP) is 1.58. The van der Waals surface area contributed by atoms with Gasteiger partial charge < -0.3 is 20.7 Å². The minimum Gasteiger partial charge on any atom is -0.484 e. The summed E-state index contributed by atoms with van der Waals surface area (Å²) in [4.78, 5) is 26.4. The van der Waals surface area contributed by atoms with Crippen molar-refractivity contribution in [2.75, 3.05) is 19.7 Å². The van der Waals surface area contributed by atoms with E-state index in [0.717, 1.165) is 12.8 Å². The van der Waals surface area contributed by atoms with E-state index in [1.807, 2.05) is 23.1 Å². The molecule has 7 heteroatoms. The van der Waals surface area contributed by atoms with Crippen molar-refractivity contribution >= 4 is 24.2 Å². The third-order valence-corrected chi connectivity index (χ3v) is 4.39. The Labute approximate surface area is 155 Å². The number of para-hydroxylation sites is 1. The third kappa shape index (κ3) is 6.21. The smallest absolute Gasteiger partial charge is 0.258 e. The number of carbonyl (C=O) groups excluding carboxylic acids is 2. The van der Waals surface area contributed by atoms with Crippen LogP contribution < -0.4 is 15.8 Å². The molecule has 1 aromatic carbocycles. The van der Waals surface area contributed by atoms with Gasteiger partial charge in [-0.25, -0.2) is 0 Å². The molecule has 25 heavy (non-hydrogen) atoms. The maximum atomic E-state index is 12.6. The van der Waals surface area contributed by atoms with Crippen molar-refractivity contribution in [3.8, 4) is 5.75 Å². The molecule has 1 aliphatic rings. The molecule has 1 saturated heterocycles. The van der Waals surface area contributed by atoms with Crippen molar-refractivity contribution in [2.45, 2.75) is 38.8 Å². The maximum absolute atomic E-state index is 12.6. The lowest BCUT2D eigenvalue weighted by Gasteiger charge is -2.39. The van der Waals surface area contributed by atoms with E-state index in [1.54, 1.807) is 19.1 Å². The number of nitrogens with two attached hydrogens (primary N) is 1. The molecule has 3 unspecified atom stereocenters. The highest BCUT2D eigenvalue weighted by Gasteiger charge is 2.31. The second-order valence-corrected chi connectivity index (χ2v) is 6.44. The van der Waals surface area contributed by atoms with Crippen LogP contribution in [-0.4, -0.2) is 48.5 Å². The van der Waals surface area contributed by atoms with E-state index < -0.39 is 6.04 Å². The van der Waals surface area contributed by atoms with Crippen LogP contribution in [0.3, 0.4) is 0 Å². The molecule has 1 fully saturated rings. The Morgan fingerprint density at radius 1 is 1.36 bits per heavy atom. The van der Waals surface area contributed by atoms with Gasteiger partial charge in [0.15, 0.2) is 6.61 Å². The summed E-state index contributed by atoms with van der Waals surface area (Å²) in [5.41, 5.74) is 5.81. The van der Waals surface area contributed by atoms with Gasteiger partial charge in [-0.3, -0.25) is 9.59 Å². The SMILES string of the molecule is CC1CCN(C(=O)C(C)NC(=O)COc2ccccc2)C(CN)C1.Cl. The van der Waals surface area contributed by atoms with Crippen molar-refractivity contribution in [1.29, 1.82) is 0 Å². The molecule has 140 valence electrons. The first-order chi connectivity index (χ1) is 11.5. The number of halogens is 1. The number of amides is 2. The second-order valence-electron chi connectivity index (χ2n) is 6.44.